The molecule has 0 saturated heterocycles. The largest absolute Gasteiger partial charge is 0.368 e. The zero-order valence-corrected chi connectivity index (χ0v) is 12.5. The number of Topliss-reactive ketones (excluding diaryl/α,β-unsaturated/α-hetero) is 1. The molecule has 2 nitrogen and oxygen atoms in total. The first-order valence-corrected chi connectivity index (χ1v) is 6.83. The van der Waals surface area contributed by atoms with Gasteiger partial charge in [-0.15, -0.1) is 0 Å². The van der Waals surface area contributed by atoms with E-state index in [0.717, 1.165) is 5.56 Å². The minimum atomic E-state index is -0.761. The minimum absolute atomic E-state index is 0.0131. The van der Waals surface area contributed by atoms with Crippen LogP contribution in [0.1, 0.15) is 32.8 Å². The predicted octanol–water partition coefficient (Wildman–Crippen LogP) is 3.91. The van der Waals surface area contributed by atoms with Crippen molar-refractivity contribution in [1.29, 1.82) is 0 Å². The van der Waals surface area contributed by atoms with E-state index in [0.29, 0.717) is 17.5 Å². The van der Waals surface area contributed by atoms with Gasteiger partial charge in [0.1, 0.15) is 11.4 Å². The highest BCUT2D eigenvalue weighted by atomic mass is 79.9. The molecule has 0 aliphatic heterocycles. The van der Waals surface area contributed by atoms with Crippen LogP contribution in [0.25, 0.3) is 0 Å². The number of ether oxygens (including phenoxy) is 1. The average Bonchev–Trinajstić information content (AvgIpc) is 2.32. The molecule has 0 aliphatic carbocycles. The summed E-state index contributed by atoms with van der Waals surface area (Å²) >= 11 is 3.27. The van der Waals surface area contributed by atoms with Gasteiger partial charge in [-0.05, 0) is 38.0 Å². The van der Waals surface area contributed by atoms with E-state index in [-0.39, 0.29) is 18.0 Å². The Labute approximate surface area is 116 Å². The van der Waals surface area contributed by atoms with E-state index >= 15 is 0 Å². The summed E-state index contributed by atoms with van der Waals surface area (Å²) in [5.74, 6) is -0.305. The van der Waals surface area contributed by atoms with Crippen molar-refractivity contribution in [2.45, 2.75) is 39.2 Å². The Morgan fingerprint density at radius 3 is 2.61 bits per heavy atom. The minimum Gasteiger partial charge on any atom is -0.368 e. The highest BCUT2D eigenvalue weighted by Crippen LogP contribution is 2.23. The van der Waals surface area contributed by atoms with Gasteiger partial charge in [0.25, 0.3) is 0 Å². The highest BCUT2D eigenvalue weighted by Gasteiger charge is 2.31. The Balaban J connectivity index is 2.86. The van der Waals surface area contributed by atoms with Crippen molar-refractivity contribution in [3.05, 3.63) is 34.1 Å². The molecule has 4 heteroatoms. The molecule has 0 radical (unpaired) electrons. The molecule has 1 aromatic rings. The molecule has 1 aromatic carbocycles. The molecule has 0 amide bonds. The Morgan fingerprint density at radius 1 is 1.44 bits per heavy atom. The first kappa shape index (κ1) is 15.3. The molecule has 0 saturated carbocycles. The fourth-order valence-corrected chi connectivity index (χ4v) is 2.21. The maximum absolute atomic E-state index is 13.0. The zero-order chi connectivity index (χ0) is 13.8. The molecule has 1 atom stereocenters. The Morgan fingerprint density at radius 2 is 2.11 bits per heavy atom. The molecular formula is C14H18BrFO2. The van der Waals surface area contributed by atoms with E-state index in [4.69, 9.17) is 4.74 Å². The van der Waals surface area contributed by atoms with Gasteiger partial charge in [0.05, 0.1) is 0 Å². The topological polar surface area (TPSA) is 26.3 Å². The van der Waals surface area contributed by atoms with Crippen molar-refractivity contribution in [3.8, 4) is 0 Å². The number of halogens is 2. The fraction of sp³-hybridized carbons (Fsp3) is 0.500. The summed E-state index contributed by atoms with van der Waals surface area (Å²) in [6, 6.07) is 4.35. The maximum atomic E-state index is 13.0. The third-order valence-electron chi connectivity index (χ3n) is 3.09. The van der Waals surface area contributed by atoms with Gasteiger partial charge in [-0.3, -0.25) is 4.79 Å². The lowest BCUT2D eigenvalue weighted by Crippen LogP contribution is -2.39. The van der Waals surface area contributed by atoms with E-state index < -0.39 is 5.60 Å². The first-order valence-electron chi connectivity index (χ1n) is 6.04. The summed E-state index contributed by atoms with van der Waals surface area (Å²) in [5.41, 5.74) is 0.0172. The number of hydrogen-bond acceptors (Lipinski definition) is 2. The molecule has 100 valence electrons. The number of benzene rings is 1. The van der Waals surface area contributed by atoms with Crippen molar-refractivity contribution in [3.63, 3.8) is 0 Å². The van der Waals surface area contributed by atoms with Crippen LogP contribution in [-0.4, -0.2) is 18.0 Å². The van der Waals surface area contributed by atoms with Crippen molar-refractivity contribution >= 4 is 21.7 Å². The average molecular weight is 317 g/mol. The van der Waals surface area contributed by atoms with Crippen LogP contribution in [0.4, 0.5) is 4.39 Å². The Kier molecular flexibility index (Phi) is 5.47. The van der Waals surface area contributed by atoms with Gasteiger partial charge < -0.3 is 4.74 Å². The first-order chi connectivity index (χ1) is 8.42. The summed E-state index contributed by atoms with van der Waals surface area (Å²) < 4.78 is 19.1. The van der Waals surface area contributed by atoms with E-state index in [9.17, 15) is 9.18 Å². The number of rotatable bonds is 6. The normalized spacial score (nSPS) is 14.3. The van der Waals surface area contributed by atoms with Crippen LogP contribution in [0.2, 0.25) is 0 Å². The van der Waals surface area contributed by atoms with Crippen molar-refractivity contribution in [1.82, 2.24) is 0 Å². The predicted molar refractivity (Wildman–Crippen MR) is 73.1 cm³/mol. The molecule has 0 spiro atoms. The van der Waals surface area contributed by atoms with Crippen LogP contribution in [0.5, 0.6) is 0 Å². The van der Waals surface area contributed by atoms with Crippen LogP contribution in [0.15, 0.2) is 22.7 Å². The molecular weight excluding hydrogens is 299 g/mol. The van der Waals surface area contributed by atoms with Gasteiger partial charge in [-0.1, -0.05) is 28.9 Å². The Hall–Kier alpha value is -0.740. The molecule has 0 heterocycles. The highest BCUT2D eigenvalue weighted by molar-refractivity contribution is 9.10. The zero-order valence-electron chi connectivity index (χ0n) is 10.9. The van der Waals surface area contributed by atoms with Gasteiger partial charge in [0.15, 0.2) is 5.78 Å². The van der Waals surface area contributed by atoms with Crippen LogP contribution < -0.4 is 0 Å². The number of carbonyl (C=O) groups is 1. The summed E-state index contributed by atoms with van der Waals surface area (Å²) in [6.45, 7) is 6.10. The summed E-state index contributed by atoms with van der Waals surface area (Å²) in [4.78, 5) is 12.3. The lowest BCUT2D eigenvalue weighted by atomic mass is 9.92. The monoisotopic (exact) mass is 316 g/mol. The standard InChI is InChI=1S/C14H18BrFO2/c1-4-14(3,18-5-2)13(17)8-10-6-7-11(16)9-12(10)15/h6-7,9H,4-5,8H2,1-3H3. The number of hydrogen-bond donors (Lipinski definition) is 0. The van der Waals surface area contributed by atoms with Crippen LogP contribution in [0, 0.1) is 5.82 Å². The second-order valence-corrected chi connectivity index (χ2v) is 5.21. The number of ketones is 1. The molecule has 18 heavy (non-hydrogen) atoms. The van der Waals surface area contributed by atoms with Gasteiger partial charge in [0.2, 0.25) is 0 Å². The van der Waals surface area contributed by atoms with Gasteiger partial charge in [-0.25, -0.2) is 4.39 Å². The van der Waals surface area contributed by atoms with Crippen molar-refractivity contribution < 1.29 is 13.9 Å². The molecule has 0 aliphatic rings. The summed E-state index contributed by atoms with van der Waals surface area (Å²) in [7, 11) is 0. The molecule has 1 unspecified atom stereocenters. The third-order valence-corrected chi connectivity index (χ3v) is 3.83. The molecule has 0 bridgehead atoms. The molecule has 0 N–H and O–H groups in total. The van der Waals surface area contributed by atoms with E-state index in [1.54, 1.807) is 13.0 Å². The molecule has 0 fully saturated rings. The maximum Gasteiger partial charge on any atom is 0.168 e. The lowest BCUT2D eigenvalue weighted by molar-refractivity contribution is -0.141. The van der Waals surface area contributed by atoms with E-state index in [1.165, 1.54) is 12.1 Å². The van der Waals surface area contributed by atoms with Crippen molar-refractivity contribution in [2.75, 3.05) is 6.61 Å². The van der Waals surface area contributed by atoms with Crippen LogP contribution in [-0.2, 0) is 16.0 Å². The van der Waals surface area contributed by atoms with Gasteiger partial charge >= 0.3 is 0 Å². The van der Waals surface area contributed by atoms with E-state index in [2.05, 4.69) is 15.9 Å². The van der Waals surface area contributed by atoms with Gasteiger partial charge in [-0.2, -0.15) is 0 Å². The van der Waals surface area contributed by atoms with Crippen LogP contribution >= 0.6 is 15.9 Å². The SMILES string of the molecule is CCOC(C)(CC)C(=O)Cc1ccc(F)cc1Br. The number of carbonyl (C=O) groups excluding carboxylic acids is 1. The molecule has 0 aromatic heterocycles. The molecule has 1 rings (SSSR count). The van der Waals surface area contributed by atoms with Gasteiger partial charge in [0, 0.05) is 17.5 Å². The van der Waals surface area contributed by atoms with E-state index in [1.807, 2.05) is 13.8 Å². The second-order valence-electron chi connectivity index (χ2n) is 4.35. The fourth-order valence-electron chi connectivity index (χ4n) is 1.72. The summed E-state index contributed by atoms with van der Waals surface area (Å²) in [6.07, 6.45) is 0.865. The second kappa shape index (κ2) is 6.43. The summed E-state index contributed by atoms with van der Waals surface area (Å²) in [5, 5.41) is 0. The van der Waals surface area contributed by atoms with Crippen molar-refractivity contribution in [2.24, 2.45) is 0 Å². The smallest absolute Gasteiger partial charge is 0.168 e. The Bertz CT molecular complexity index is 434. The lowest BCUT2D eigenvalue weighted by Gasteiger charge is -2.26. The van der Waals surface area contributed by atoms with Crippen LogP contribution in [0.3, 0.4) is 0 Å². The third kappa shape index (κ3) is 3.62. The quantitative estimate of drug-likeness (QED) is 0.795.